The molecule has 1 atom stereocenters. The number of carbonyl (C=O) groups is 1. The fourth-order valence-corrected chi connectivity index (χ4v) is 4.22. The Balaban J connectivity index is 1.81. The van der Waals surface area contributed by atoms with Gasteiger partial charge in [0.25, 0.3) is 0 Å². The number of aromatic nitrogens is 1. The van der Waals surface area contributed by atoms with E-state index in [-0.39, 0.29) is 12.2 Å². The van der Waals surface area contributed by atoms with Gasteiger partial charge in [-0.3, -0.25) is 19.5 Å². The van der Waals surface area contributed by atoms with Crippen molar-refractivity contribution in [1.82, 2.24) is 9.88 Å². The van der Waals surface area contributed by atoms with Gasteiger partial charge in [-0.2, -0.15) is 0 Å². The molecule has 7 heteroatoms. The molecule has 0 saturated carbocycles. The molecular formula is C24H26N2O5. The monoisotopic (exact) mass is 422 g/mol. The van der Waals surface area contributed by atoms with Crippen LogP contribution >= 0.6 is 0 Å². The van der Waals surface area contributed by atoms with Gasteiger partial charge in [-0.15, -0.1) is 0 Å². The number of ether oxygens (including phenoxy) is 1. The number of hydrogen-bond donors (Lipinski definition) is 1. The maximum atomic E-state index is 12.6. The fraction of sp³-hybridized carbons (Fsp3) is 0.375. The molecule has 3 aromatic rings. The predicted octanol–water partition coefficient (Wildman–Crippen LogP) is 3.57. The Labute approximate surface area is 180 Å². The lowest BCUT2D eigenvalue weighted by Crippen LogP contribution is -2.29. The Morgan fingerprint density at radius 1 is 1.23 bits per heavy atom. The standard InChI is InChI=1S/C24H26N2O5/c1-30-22(28)14-19(17-9-10-25-20-8-4-3-7-18(17)20)24-23(29)21(27)13-16(31-24)15-26-11-5-2-6-12-26/h3-4,7-10,13,19,29H,2,5-6,11-12,14-15H2,1H3/t19-/m0/s1. The highest BCUT2D eigenvalue weighted by Crippen LogP contribution is 2.36. The Hall–Kier alpha value is -3.19. The summed E-state index contributed by atoms with van der Waals surface area (Å²) in [5, 5.41) is 11.5. The van der Waals surface area contributed by atoms with Crippen molar-refractivity contribution in [3.8, 4) is 5.75 Å². The molecule has 4 rings (SSSR count). The summed E-state index contributed by atoms with van der Waals surface area (Å²) in [4.78, 5) is 31.5. The van der Waals surface area contributed by atoms with Crippen LogP contribution in [0.1, 0.15) is 48.7 Å². The number of pyridine rings is 1. The van der Waals surface area contributed by atoms with E-state index in [1.165, 1.54) is 19.6 Å². The third-order valence-electron chi connectivity index (χ3n) is 5.80. The van der Waals surface area contributed by atoms with Gasteiger partial charge in [-0.05, 0) is 43.6 Å². The summed E-state index contributed by atoms with van der Waals surface area (Å²) in [6.07, 6.45) is 5.01. The first kappa shape index (κ1) is 21.1. The van der Waals surface area contributed by atoms with Crippen molar-refractivity contribution in [2.45, 2.75) is 38.1 Å². The average molecular weight is 422 g/mol. The molecule has 0 amide bonds. The van der Waals surface area contributed by atoms with Gasteiger partial charge >= 0.3 is 5.97 Å². The van der Waals surface area contributed by atoms with Crippen molar-refractivity contribution in [1.29, 1.82) is 0 Å². The second-order valence-corrected chi connectivity index (χ2v) is 7.88. The summed E-state index contributed by atoms with van der Waals surface area (Å²) in [5.74, 6) is -1.06. The van der Waals surface area contributed by atoms with Gasteiger partial charge in [0.1, 0.15) is 5.76 Å². The third-order valence-corrected chi connectivity index (χ3v) is 5.80. The van der Waals surface area contributed by atoms with Crippen molar-refractivity contribution >= 4 is 16.9 Å². The number of para-hydroxylation sites is 1. The molecule has 7 nitrogen and oxygen atoms in total. The SMILES string of the molecule is COC(=O)C[C@H](c1oc(CN2CCCCC2)cc(=O)c1O)c1ccnc2ccccc12. The average Bonchev–Trinajstić information content (AvgIpc) is 2.80. The lowest BCUT2D eigenvalue weighted by atomic mass is 9.90. The van der Waals surface area contributed by atoms with Crippen LogP contribution < -0.4 is 5.43 Å². The zero-order valence-corrected chi connectivity index (χ0v) is 17.5. The van der Waals surface area contributed by atoms with Crippen LogP contribution in [0.3, 0.4) is 0 Å². The summed E-state index contributed by atoms with van der Waals surface area (Å²) < 4.78 is 11.0. The first-order valence-corrected chi connectivity index (χ1v) is 10.6. The summed E-state index contributed by atoms with van der Waals surface area (Å²) in [7, 11) is 1.31. The van der Waals surface area contributed by atoms with Crippen LogP contribution in [0.2, 0.25) is 0 Å². The van der Waals surface area contributed by atoms with E-state index >= 15 is 0 Å². The molecule has 3 heterocycles. The number of hydrogen-bond acceptors (Lipinski definition) is 7. The fourth-order valence-electron chi connectivity index (χ4n) is 4.22. The Morgan fingerprint density at radius 2 is 2.00 bits per heavy atom. The van der Waals surface area contributed by atoms with E-state index < -0.39 is 23.1 Å². The molecule has 0 aliphatic carbocycles. The van der Waals surface area contributed by atoms with Gasteiger partial charge in [-0.25, -0.2) is 0 Å². The molecule has 0 bridgehead atoms. The van der Waals surface area contributed by atoms with Crippen molar-refractivity contribution in [2.24, 2.45) is 0 Å². The van der Waals surface area contributed by atoms with Gasteiger partial charge in [-0.1, -0.05) is 24.6 Å². The van der Waals surface area contributed by atoms with Crippen LogP contribution in [0.25, 0.3) is 10.9 Å². The van der Waals surface area contributed by atoms with E-state index in [1.54, 1.807) is 12.3 Å². The molecule has 0 unspecified atom stereocenters. The van der Waals surface area contributed by atoms with E-state index in [9.17, 15) is 14.7 Å². The van der Waals surface area contributed by atoms with Crippen molar-refractivity contribution < 1.29 is 19.1 Å². The van der Waals surface area contributed by atoms with Gasteiger partial charge in [0, 0.05) is 17.6 Å². The van der Waals surface area contributed by atoms with E-state index in [4.69, 9.17) is 9.15 Å². The number of rotatable bonds is 6. The van der Waals surface area contributed by atoms with Crippen LogP contribution in [-0.2, 0) is 16.1 Å². The molecule has 1 fully saturated rings. The summed E-state index contributed by atoms with van der Waals surface area (Å²) in [5.41, 5.74) is 0.979. The quantitative estimate of drug-likeness (QED) is 0.607. The molecule has 1 aliphatic rings. The number of methoxy groups -OCH3 is 1. The van der Waals surface area contributed by atoms with Crippen LogP contribution in [0.5, 0.6) is 5.75 Å². The normalized spacial score (nSPS) is 15.6. The summed E-state index contributed by atoms with van der Waals surface area (Å²) >= 11 is 0. The number of esters is 1. The zero-order valence-electron chi connectivity index (χ0n) is 17.5. The van der Waals surface area contributed by atoms with Gasteiger partial charge in [0.15, 0.2) is 5.76 Å². The van der Waals surface area contributed by atoms with E-state index in [0.29, 0.717) is 12.3 Å². The third kappa shape index (κ3) is 4.61. The molecule has 31 heavy (non-hydrogen) atoms. The molecule has 2 aromatic heterocycles. The zero-order chi connectivity index (χ0) is 21.8. The minimum Gasteiger partial charge on any atom is -0.502 e. The number of fused-ring (bicyclic) bond motifs is 1. The number of carbonyl (C=O) groups excluding carboxylic acids is 1. The van der Waals surface area contributed by atoms with Crippen molar-refractivity contribution in [3.63, 3.8) is 0 Å². The molecule has 1 aliphatic heterocycles. The van der Waals surface area contributed by atoms with Crippen LogP contribution in [-0.4, -0.2) is 41.2 Å². The topological polar surface area (TPSA) is 92.9 Å². The Morgan fingerprint density at radius 3 is 2.77 bits per heavy atom. The molecular weight excluding hydrogens is 396 g/mol. The molecule has 0 spiro atoms. The Bertz CT molecular complexity index is 1130. The minimum atomic E-state index is -0.686. The molecule has 162 valence electrons. The highest BCUT2D eigenvalue weighted by molar-refractivity contribution is 5.84. The van der Waals surface area contributed by atoms with Crippen LogP contribution in [0.4, 0.5) is 0 Å². The highest BCUT2D eigenvalue weighted by atomic mass is 16.5. The van der Waals surface area contributed by atoms with Gasteiger partial charge in [0.2, 0.25) is 11.2 Å². The smallest absolute Gasteiger partial charge is 0.306 e. The van der Waals surface area contributed by atoms with Crippen molar-refractivity contribution in [3.05, 3.63) is 69.9 Å². The maximum Gasteiger partial charge on any atom is 0.306 e. The molecule has 1 saturated heterocycles. The molecule has 1 aromatic carbocycles. The molecule has 1 N–H and O–H groups in total. The number of nitrogens with zero attached hydrogens (tertiary/aromatic N) is 2. The largest absolute Gasteiger partial charge is 0.502 e. The number of benzene rings is 1. The lowest BCUT2D eigenvalue weighted by Gasteiger charge is -2.26. The maximum absolute atomic E-state index is 12.6. The number of aromatic hydroxyl groups is 1. The van der Waals surface area contributed by atoms with Gasteiger partial charge in [0.05, 0.1) is 31.5 Å². The van der Waals surface area contributed by atoms with Crippen molar-refractivity contribution in [2.75, 3.05) is 20.2 Å². The second kappa shape index (κ2) is 9.31. The van der Waals surface area contributed by atoms with E-state index in [1.807, 2.05) is 24.3 Å². The summed E-state index contributed by atoms with van der Waals surface area (Å²) in [6, 6.07) is 10.7. The van der Waals surface area contributed by atoms with E-state index in [0.717, 1.165) is 42.4 Å². The Kier molecular flexibility index (Phi) is 6.32. The van der Waals surface area contributed by atoms with Gasteiger partial charge < -0.3 is 14.3 Å². The number of likely N-dealkylation sites (tertiary alicyclic amines) is 1. The van der Waals surface area contributed by atoms with E-state index in [2.05, 4.69) is 9.88 Å². The second-order valence-electron chi connectivity index (χ2n) is 7.88. The van der Waals surface area contributed by atoms with Crippen LogP contribution in [0.15, 0.2) is 51.8 Å². The minimum absolute atomic E-state index is 0.0752. The first-order chi connectivity index (χ1) is 15.1. The molecule has 0 radical (unpaired) electrons. The first-order valence-electron chi connectivity index (χ1n) is 10.6. The number of piperidine rings is 1. The predicted molar refractivity (Wildman–Crippen MR) is 116 cm³/mol. The summed E-state index contributed by atoms with van der Waals surface area (Å²) in [6.45, 7) is 2.38. The van der Waals surface area contributed by atoms with Crippen LogP contribution in [0, 0.1) is 0 Å². The highest BCUT2D eigenvalue weighted by Gasteiger charge is 2.28. The lowest BCUT2D eigenvalue weighted by molar-refractivity contribution is -0.140.